The van der Waals surface area contributed by atoms with Crippen LogP contribution in [-0.2, 0) is 19.1 Å². The molecule has 10 nitrogen and oxygen atoms in total. The Morgan fingerprint density at radius 3 is 2.47 bits per heavy atom. The predicted octanol–water partition coefficient (Wildman–Crippen LogP) is 5.62. The van der Waals surface area contributed by atoms with Crippen molar-refractivity contribution in [3.8, 4) is 5.75 Å². The maximum Gasteiger partial charge on any atom is 0.338 e. The maximum atomic E-state index is 14.2. The van der Waals surface area contributed by atoms with Gasteiger partial charge in [0.15, 0.2) is 6.61 Å². The number of nitrogens with one attached hydrogen (secondary N) is 2. The van der Waals surface area contributed by atoms with Crippen LogP contribution in [0.4, 0.5) is 11.4 Å². The highest BCUT2D eigenvalue weighted by atomic mass is 32.2. The molecule has 2 N–H and O–H groups in total. The smallest absolute Gasteiger partial charge is 0.338 e. The Bertz CT molecular complexity index is 2060. The molecule has 0 spiro atoms. The van der Waals surface area contributed by atoms with Crippen molar-refractivity contribution in [1.82, 2.24) is 4.98 Å². The molecule has 0 radical (unpaired) electrons. The lowest BCUT2D eigenvalue weighted by Crippen LogP contribution is -2.42. The third-order valence-corrected chi connectivity index (χ3v) is 12.9. The number of aryl methyl sites for hydroxylation is 1. The number of fused-ring (bicyclic) bond motifs is 9. The first-order valence-corrected chi connectivity index (χ1v) is 18.1. The molecule has 7 atom stereocenters. The van der Waals surface area contributed by atoms with Crippen LogP contribution in [0, 0.1) is 36.5 Å². The minimum atomic E-state index is -0.489. The van der Waals surface area contributed by atoms with Crippen LogP contribution in [0.15, 0.2) is 82.6 Å². The second-order valence-electron chi connectivity index (χ2n) is 13.0. The molecule has 1 saturated heterocycles. The van der Waals surface area contributed by atoms with Gasteiger partial charge in [0.05, 0.1) is 34.7 Å². The Kier molecular flexibility index (Phi) is 7.95. The molecule has 3 aromatic carbocycles. The van der Waals surface area contributed by atoms with E-state index in [1.165, 1.54) is 16.2 Å². The van der Waals surface area contributed by atoms with Gasteiger partial charge in [-0.1, -0.05) is 41.7 Å². The van der Waals surface area contributed by atoms with E-state index in [9.17, 15) is 24.0 Å². The lowest BCUT2D eigenvalue weighted by molar-refractivity contribution is -0.123. The van der Waals surface area contributed by atoms with Gasteiger partial charge in [0.1, 0.15) is 5.75 Å². The molecule has 4 unspecified atom stereocenters. The average molecular weight is 696 g/mol. The number of imide groups is 1. The van der Waals surface area contributed by atoms with Crippen molar-refractivity contribution in [2.45, 2.75) is 36.5 Å². The Morgan fingerprint density at radius 2 is 1.71 bits per heavy atom. The quantitative estimate of drug-likeness (QED) is 0.179. The summed E-state index contributed by atoms with van der Waals surface area (Å²) in [6.45, 7) is 3.73. The largest absolute Gasteiger partial charge is 0.483 e. The van der Waals surface area contributed by atoms with E-state index >= 15 is 0 Å². The number of aromatic nitrogens is 1. The van der Waals surface area contributed by atoms with Crippen LogP contribution in [0.3, 0.4) is 0 Å². The van der Waals surface area contributed by atoms with Gasteiger partial charge in [0.25, 0.3) is 5.91 Å². The van der Waals surface area contributed by atoms with Gasteiger partial charge in [-0.15, -0.1) is 11.8 Å². The zero-order valence-corrected chi connectivity index (χ0v) is 28.3. The first kappa shape index (κ1) is 31.6. The standard InChI is InChI=1S/C37H33N3O7S2/c1-3-46-36(44)19-11-13-21(14-12-19)40-34(42)29-23-16-24(30(29)35(40)43)31-28(23)27(32-33(48-31)39-37(45)49-32)22-9-4-5-10-25(22)47-17-26(41)38-20-8-6-7-18(2)15-20/h4-15,23-24,27-31H,3,16-17H2,1-2H3,(H,38,41)(H,39,45)/t23-,24-,27-,28?,29?,30?,31?/m1/s1. The van der Waals surface area contributed by atoms with Crippen molar-refractivity contribution < 1.29 is 28.7 Å². The summed E-state index contributed by atoms with van der Waals surface area (Å²) >= 11 is 2.78. The van der Waals surface area contributed by atoms with E-state index in [0.29, 0.717) is 22.7 Å². The van der Waals surface area contributed by atoms with Crippen molar-refractivity contribution in [2.24, 2.45) is 29.6 Å². The summed E-state index contributed by atoms with van der Waals surface area (Å²) in [7, 11) is 0. The molecule has 2 aliphatic heterocycles. The van der Waals surface area contributed by atoms with Crippen LogP contribution in [0.25, 0.3) is 0 Å². The zero-order valence-electron chi connectivity index (χ0n) is 26.7. The Hall–Kier alpha value is -4.68. The third-order valence-electron chi connectivity index (χ3n) is 10.3. The van der Waals surface area contributed by atoms with Crippen LogP contribution < -0.4 is 19.8 Å². The number of anilines is 2. The van der Waals surface area contributed by atoms with Crippen LogP contribution >= 0.6 is 23.1 Å². The lowest BCUT2D eigenvalue weighted by Gasteiger charge is -2.43. The fourth-order valence-electron chi connectivity index (χ4n) is 8.51. The summed E-state index contributed by atoms with van der Waals surface area (Å²) in [5, 5.41) is 3.67. The second kappa shape index (κ2) is 12.3. The van der Waals surface area contributed by atoms with Crippen LogP contribution in [0.1, 0.15) is 45.6 Å². The molecular formula is C37H33N3O7S2. The molecule has 4 aromatic rings. The van der Waals surface area contributed by atoms with Crippen molar-refractivity contribution in [2.75, 3.05) is 23.4 Å². The molecule has 3 heterocycles. The van der Waals surface area contributed by atoms with Gasteiger partial charge in [-0.25, -0.2) is 4.79 Å². The number of esters is 1. The Labute approximate surface area is 290 Å². The fourth-order valence-corrected chi connectivity index (χ4v) is 11.4. The first-order chi connectivity index (χ1) is 23.7. The average Bonchev–Trinajstić information content (AvgIpc) is 3.83. The number of hydrogen-bond donors (Lipinski definition) is 2. The molecule has 8 rings (SSSR count). The molecule has 2 saturated carbocycles. The maximum absolute atomic E-state index is 14.2. The summed E-state index contributed by atoms with van der Waals surface area (Å²) in [6.07, 6.45) is 0.738. The Balaban J connectivity index is 1.09. The van der Waals surface area contributed by atoms with Gasteiger partial charge in [-0.3, -0.25) is 24.1 Å². The van der Waals surface area contributed by atoms with Crippen LogP contribution in [-0.4, -0.2) is 47.1 Å². The monoisotopic (exact) mass is 695 g/mol. The highest BCUT2D eigenvalue weighted by Crippen LogP contribution is 2.69. The number of carbonyl (C=O) groups excluding carboxylic acids is 4. The third kappa shape index (κ3) is 5.28. The number of hydrogen-bond acceptors (Lipinski definition) is 9. The summed E-state index contributed by atoms with van der Waals surface area (Å²) in [5.74, 6) is -2.05. The SMILES string of the molecule is CCOC(=O)c1ccc(N2C(=O)C3C(C2=O)[C@@H]2C[C@H]3C3Sc4[nH]c(=O)sc4[C@H](c4ccccc4OCC(=O)Nc4cccc(C)c4)C32)cc1. The number of nitrogens with zero attached hydrogens (tertiary/aromatic N) is 1. The highest BCUT2D eigenvalue weighted by Gasteiger charge is 2.69. The molecule has 4 aliphatic rings. The van der Waals surface area contributed by atoms with Gasteiger partial charge in [0, 0.05) is 27.3 Å². The molecule has 250 valence electrons. The number of thioether (sulfide) groups is 1. The molecule has 3 amide bonds. The minimum absolute atomic E-state index is 0.00503. The molecule has 12 heteroatoms. The number of rotatable bonds is 8. The number of ether oxygens (including phenoxy) is 2. The lowest BCUT2D eigenvalue weighted by atomic mass is 9.68. The van der Waals surface area contributed by atoms with Crippen molar-refractivity contribution in [1.29, 1.82) is 0 Å². The van der Waals surface area contributed by atoms with Crippen molar-refractivity contribution in [3.05, 3.63) is 104 Å². The van der Waals surface area contributed by atoms with Gasteiger partial charge < -0.3 is 19.8 Å². The predicted molar refractivity (Wildman–Crippen MR) is 185 cm³/mol. The number of carbonyl (C=O) groups is 4. The molecule has 49 heavy (non-hydrogen) atoms. The van der Waals surface area contributed by atoms with Crippen molar-refractivity contribution in [3.63, 3.8) is 0 Å². The zero-order chi connectivity index (χ0) is 34.0. The van der Waals surface area contributed by atoms with E-state index in [1.54, 1.807) is 43.0 Å². The fraction of sp³-hybridized carbons (Fsp3) is 0.324. The summed E-state index contributed by atoms with van der Waals surface area (Å²) in [5.41, 5.74) is 3.36. The van der Waals surface area contributed by atoms with Gasteiger partial charge >= 0.3 is 10.8 Å². The highest BCUT2D eigenvalue weighted by molar-refractivity contribution is 8.00. The number of aromatic amines is 1. The summed E-state index contributed by atoms with van der Waals surface area (Å²) in [4.78, 5) is 71.1. The van der Waals surface area contributed by atoms with E-state index in [2.05, 4.69) is 10.3 Å². The number of benzene rings is 3. The first-order valence-electron chi connectivity index (χ1n) is 16.4. The van der Waals surface area contributed by atoms with Gasteiger partial charge in [0.2, 0.25) is 11.8 Å². The number of H-pyrrole nitrogens is 1. The van der Waals surface area contributed by atoms with E-state index in [1.807, 2.05) is 55.5 Å². The number of amides is 3. The summed E-state index contributed by atoms with van der Waals surface area (Å²) in [6, 6.07) is 21.5. The second-order valence-corrected chi connectivity index (χ2v) is 15.2. The van der Waals surface area contributed by atoms with Gasteiger partial charge in [-0.2, -0.15) is 0 Å². The molecule has 2 aliphatic carbocycles. The molecule has 2 bridgehead atoms. The van der Waals surface area contributed by atoms with Crippen LogP contribution in [0.2, 0.25) is 0 Å². The number of para-hydroxylation sites is 1. The van der Waals surface area contributed by atoms with E-state index < -0.39 is 17.8 Å². The topological polar surface area (TPSA) is 135 Å². The van der Waals surface area contributed by atoms with Crippen molar-refractivity contribution >= 4 is 58.2 Å². The Morgan fingerprint density at radius 1 is 0.959 bits per heavy atom. The van der Waals surface area contributed by atoms with Gasteiger partial charge in [-0.05, 0) is 86.1 Å². The molecule has 3 fully saturated rings. The normalized spacial score (nSPS) is 26.2. The van der Waals surface area contributed by atoms with E-state index in [4.69, 9.17) is 9.47 Å². The number of thiazole rings is 1. The van der Waals surface area contributed by atoms with Crippen LogP contribution in [0.5, 0.6) is 5.75 Å². The van der Waals surface area contributed by atoms with E-state index in [-0.39, 0.29) is 64.7 Å². The summed E-state index contributed by atoms with van der Waals surface area (Å²) < 4.78 is 11.3. The van der Waals surface area contributed by atoms with E-state index in [0.717, 1.165) is 27.5 Å². The molecular weight excluding hydrogens is 663 g/mol. The minimum Gasteiger partial charge on any atom is -0.483 e. The molecule has 1 aromatic heterocycles.